The SMILES string of the molecule is CCOC(=O)C1CCN(C(=O)NCC(C)(C)N2CC(C)CC(C)C2)CC1. The van der Waals surface area contributed by atoms with Crippen LogP contribution in [0.3, 0.4) is 0 Å². The van der Waals surface area contributed by atoms with Gasteiger partial charge in [-0.1, -0.05) is 13.8 Å². The van der Waals surface area contributed by atoms with Gasteiger partial charge in [0.15, 0.2) is 0 Å². The standard InChI is InChI=1S/C20H37N3O3/c1-6-26-18(24)17-7-9-22(10-8-17)19(25)21-14-20(4,5)23-12-15(2)11-16(3)13-23/h15-17H,6-14H2,1-5H3,(H,21,25). The minimum atomic E-state index is -0.123. The lowest BCUT2D eigenvalue weighted by Crippen LogP contribution is -2.57. The molecule has 2 atom stereocenters. The second-order valence-corrected chi connectivity index (χ2v) is 8.84. The zero-order valence-electron chi connectivity index (χ0n) is 17.2. The first-order valence-electron chi connectivity index (χ1n) is 10.2. The molecule has 1 N–H and O–H groups in total. The molecule has 150 valence electrons. The molecule has 0 aromatic rings. The normalized spacial score (nSPS) is 25.8. The summed E-state index contributed by atoms with van der Waals surface area (Å²) < 4.78 is 5.09. The van der Waals surface area contributed by atoms with Crippen LogP contribution in [0.25, 0.3) is 0 Å². The van der Waals surface area contributed by atoms with Crippen LogP contribution in [-0.2, 0) is 9.53 Å². The molecule has 2 rings (SSSR count). The van der Waals surface area contributed by atoms with Gasteiger partial charge in [-0.15, -0.1) is 0 Å². The van der Waals surface area contributed by atoms with Gasteiger partial charge in [0.05, 0.1) is 12.5 Å². The second-order valence-electron chi connectivity index (χ2n) is 8.84. The van der Waals surface area contributed by atoms with Crippen molar-refractivity contribution in [1.29, 1.82) is 0 Å². The van der Waals surface area contributed by atoms with Crippen molar-refractivity contribution in [3.63, 3.8) is 0 Å². The maximum absolute atomic E-state index is 12.5. The molecule has 2 heterocycles. The first-order valence-corrected chi connectivity index (χ1v) is 10.2. The third-order valence-electron chi connectivity index (χ3n) is 5.80. The van der Waals surface area contributed by atoms with Gasteiger partial charge in [-0.05, 0) is 51.9 Å². The molecule has 0 spiro atoms. The van der Waals surface area contributed by atoms with E-state index in [1.54, 1.807) is 0 Å². The summed E-state index contributed by atoms with van der Waals surface area (Å²) in [4.78, 5) is 28.7. The third-order valence-corrected chi connectivity index (χ3v) is 5.80. The van der Waals surface area contributed by atoms with E-state index in [1.165, 1.54) is 6.42 Å². The third kappa shape index (κ3) is 5.60. The Labute approximate surface area is 158 Å². The summed E-state index contributed by atoms with van der Waals surface area (Å²) in [6.45, 7) is 15.4. The van der Waals surface area contributed by atoms with E-state index in [0.29, 0.717) is 50.9 Å². The van der Waals surface area contributed by atoms with E-state index in [1.807, 2.05) is 11.8 Å². The van der Waals surface area contributed by atoms with Crippen molar-refractivity contribution in [2.75, 3.05) is 39.3 Å². The zero-order chi connectivity index (χ0) is 19.3. The molecule has 2 fully saturated rings. The van der Waals surface area contributed by atoms with Crippen molar-refractivity contribution in [2.24, 2.45) is 17.8 Å². The average Bonchev–Trinajstić information content (AvgIpc) is 2.59. The summed E-state index contributed by atoms with van der Waals surface area (Å²) in [6, 6.07) is -0.0153. The van der Waals surface area contributed by atoms with E-state index in [2.05, 4.69) is 37.9 Å². The Hall–Kier alpha value is -1.30. The van der Waals surface area contributed by atoms with E-state index < -0.39 is 0 Å². The molecule has 0 aromatic heterocycles. The number of urea groups is 1. The van der Waals surface area contributed by atoms with Crippen LogP contribution < -0.4 is 5.32 Å². The lowest BCUT2D eigenvalue weighted by atomic mass is 9.88. The summed E-state index contributed by atoms with van der Waals surface area (Å²) in [7, 11) is 0. The van der Waals surface area contributed by atoms with E-state index in [-0.39, 0.29) is 23.5 Å². The molecule has 0 aromatic carbocycles. The van der Waals surface area contributed by atoms with Gasteiger partial charge in [-0.3, -0.25) is 9.69 Å². The molecular formula is C20H37N3O3. The van der Waals surface area contributed by atoms with Gasteiger partial charge in [0, 0.05) is 38.3 Å². The largest absolute Gasteiger partial charge is 0.466 e. The lowest BCUT2D eigenvalue weighted by Gasteiger charge is -2.45. The number of ether oxygens (including phenoxy) is 1. The zero-order valence-corrected chi connectivity index (χ0v) is 17.2. The molecule has 0 saturated carbocycles. The number of hydrogen-bond acceptors (Lipinski definition) is 4. The van der Waals surface area contributed by atoms with E-state index in [0.717, 1.165) is 13.1 Å². The maximum Gasteiger partial charge on any atom is 0.317 e. The van der Waals surface area contributed by atoms with Gasteiger partial charge in [0.2, 0.25) is 0 Å². The maximum atomic E-state index is 12.5. The molecule has 2 saturated heterocycles. The van der Waals surface area contributed by atoms with Crippen LogP contribution in [0.5, 0.6) is 0 Å². The minimum Gasteiger partial charge on any atom is -0.466 e. The summed E-state index contributed by atoms with van der Waals surface area (Å²) in [5, 5.41) is 3.12. The Morgan fingerprint density at radius 2 is 1.69 bits per heavy atom. The molecule has 0 bridgehead atoms. The van der Waals surface area contributed by atoms with Crippen LogP contribution in [0.4, 0.5) is 4.79 Å². The van der Waals surface area contributed by atoms with Crippen molar-refractivity contribution < 1.29 is 14.3 Å². The van der Waals surface area contributed by atoms with Gasteiger partial charge in [-0.25, -0.2) is 4.79 Å². The molecule has 26 heavy (non-hydrogen) atoms. The van der Waals surface area contributed by atoms with E-state index >= 15 is 0 Å². The Morgan fingerprint density at radius 1 is 1.12 bits per heavy atom. The Morgan fingerprint density at radius 3 is 2.23 bits per heavy atom. The summed E-state index contributed by atoms with van der Waals surface area (Å²) in [5.74, 6) is 1.22. The van der Waals surface area contributed by atoms with Crippen LogP contribution >= 0.6 is 0 Å². The number of likely N-dealkylation sites (tertiary alicyclic amines) is 2. The first-order chi connectivity index (χ1) is 12.2. The average molecular weight is 368 g/mol. The number of esters is 1. The molecule has 2 unspecified atom stereocenters. The molecule has 6 heteroatoms. The molecule has 0 radical (unpaired) electrons. The number of amides is 2. The highest BCUT2D eigenvalue weighted by Crippen LogP contribution is 2.27. The number of piperidine rings is 2. The van der Waals surface area contributed by atoms with Crippen LogP contribution in [0.15, 0.2) is 0 Å². The number of nitrogens with one attached hydrogen (secondary N) is 1. The summed E-state index contributed by atoms with van der Waals surface area (Å²) in [6.07, 6.45) is 2.67. The quantitative estimate of drug-likeness (QED) is 0.759. The van der Waals surface area contributed by atoms with E-state index in [9.17, 15) is 9.59 Å². The highest BCUT2D eigenvalue weighted by atomic mass is 16.5. The number of rotatable bonds is 5. The van der Waals surface area contributed by atoms with Crippen LogP contribution in [0.2, 0.25) is 0 Å². The number of carbonyl (C=O) groups is 2. The van der Waals surface area contributed by atoms with E-state index in [4.69, 9.17) is 4.74 Å². The van der Waals surface area contributed by atoms with Crippen molar-refractivity contribution in [3.8, 4) is 0 Å². The summed E-state index contributed by atoms with van der Waals surface area (Å²) in [5.41, 5.74) is -0.0537. The monoisotopic (exact) mass is 367 g/mol. The molecule has 6 nitrogen and oxygen atoms in total. The number of nitrogens with zero attached hydrogens (tertiary/aromatic N) is 2. The fourth-order valence-corrected chi connectivity index (χ4v) is 4.25. The predicted octanol–water partition coefficient (Wildman–Crippen LogP) is 2.73. The van der Waals surface area contributed by atoms with Crippen LogP contribution in [-0.4, -0.2) is 66.7 Å². The molecule has 2 aliphatic rings. The second kappa shape index (κ2) is 9.07. The highest BCUT2D eigenvalue weighted by molar-refractivity contribution is 5.76. The van der Waals surface area contributed by atoms with Gasteiger partial charge < -0.3 is 15.0 Å². The molecule has 2 amide bonds. The fraction of sp³-hybridized carbons (Fsp3) is 0.900. The van der Waals surface area contributed by atoms with Gasteiger partial charge in [-0.2, -0.15) is 0 Å². The smallest absolute Gasteiger partial charge is 0.317 e. The Kier molecular flexibility index (Phi) is 7.33. The van der Waals surface area contributed by atoms with Crippen molar-refractivity contribution in [2.45, 2.75) is 59.4 Å². The van der Waals surface area contributed by atoms with Crippen molar-refractivity contribution in [3.05, 3.63) is 0 Å². The summed E-state index contributed by atoms with van der Waals surface area (Å²) >= 11 is 0. The van der Waals surface area contributed by atoms with Crippen LogP contribution in [0.1, 0.15) is 53.9 Å². The van der Waals surface area contributed by atoms with Gasteiger partial charge >= 0.3 is 12.0 Å². The molecule has 0 aliphatic carbocycles. The highest BCUT2D eigenvalue weighted by Gasteiger charge is 2.34. The Balaban J connectivity index is 1.78. The topological polar surface area (TPSA) is 61.9 Å². The van der Waals surface area contributed by atoms with Crippen LogP contribution in [0, 0.1) is 17.8 Å². The number of hydrogen-bond donors (Lipinski definition) is 1. The first kappa shape index (κ1) is 21.0. The Bertz CT molecular complexity index is 477. The van der Waals surface area contributed by atoms with Gasteiger partial charge in [0.1, 0.15) is 0 Å². The van der Waals surface area contributed by atoms with Gasteiger partial charge in [0.25, 0.3) is 0 Å². The van der Waals surface area contributed by atoms with Crippen molar-refractivity contribution >= 4 is 12.0 Å². The lowest BCUT2D eigenvalue weighted by molar-refractivity contribution is -0.149. The molecular weight excluding hydrogens is 330 g/mol. The van der Waals surface area contributed by atoms with Crippen molar-refractivity contribution in [1.82, 2.24) is 15.1 Å². The number of carbonyl (C=O) groups excluding carboxylic acids is 2. The predicted molar refractivity (Wildman–Crippen MR) is 103 cm³/mol. The minimum absolute atomic E-state index is 0.0153. The molecule has 2 aliphatic heterocycles. The fourth-order valence-electron chi connectivity index (χ4n) is 4.25.